The van der Waals surface area contributed by atoms with Gasteiger partial charge in [0.05, 0.1) is 11.0 Å². The first-order valence-electron chi connectivity index (χ1n) is 16.5. The molecule has 0 saturated carbocycles. The minimum Gasteiger partial charge on any atom is -0.436 e. The van der Waals surface area contributed by atoms with Crippen LogP contribution in [0.25, 0.3) is 83.4 Å². The van der Waals surface area contributed by atoms with Crippen molar-refractivity contribution in [3.8, 4) is 50.5 Å². The molecular weight excluding hydrogens is 585 g/mol. The maximum Gasteiger partial charge on any atom is 0.227 e. The topological polar surface area (TPSA) is 31.0 Å². The Morgan fingerprint density at radius 1 is 0.500 bits per heavy atom. The molecule has 48 heavy (non-hydrogen) atoms. The van der Waals surface area contributed by atoms with Crippen LogP contribution in [-0.4, -0.2) is 9.55 Å². The SMILES string of the molecule is CCc1ccc2nc(-c3ccc(-c4ccccc4-c4ccccc4-c4ccc(-n5c6ccccc6c6ccccc65)cc4)cc3)oc2c1. The van der Waals surface area contributed by atoms with Crippen LogP contribution in [-0.2, 0) is 6.42 Å². The summed E-state index contributed by atoms with van der Waals surface area (Å²) < 4.78 is 8.53. The van der Waals surface area contributed by atoms with Crippen LogP contribution in [0.2, 0.25) is 0 Å². The Kier molecular flexibility index (Phi) is 6.76. The summed E-state index contributed by atoms with van der Waals surface area (Å²) in [4.78, 5) is 4.76. The Balaban J connectivity index is 1.08. The molecule has 0 saturated heterocycles. The highest BCUT2D eigenvalue weighted by Gasteiger charge is 2.15. The van der Waals surface area contributed by atoms with E-state index in [0.717, 1.165) is 34.3 Å². The molecule has 0 spiro atoms. The predicted octanol–water partition coefficient (Wildman–Crippen LogP) is 12.2. The van der Waals surface area contributed by atoms with Gasteiger partial charge in [0.25, 0.3) is 0 Å². The van der Waals surface area contributed by atoms with Gasteiger partial charge < -0.3 is 8.98 Å². The maximum atomic E-state index is 6.16. The van der Waals surface area contributed by atoms with E-state index >= 15 is 0 Å². The van der Waals surface area contributed by atoms with Crippen LogP contribution in [0.5, 0.6) is 0 Å². The zero-order valence-electron chi connectivity index (χ0n) is 26.6. The Morgan fingerprint density at radius 3 is 1.58 bits per heavy atom. The van der Waals surface area contributed by atoms with E-state index in [1.165, 1.54) is 55.2 Å². The second-order valence-electron chi connectivity index (χ2n) is 12.3. The quantitative estimate of drug-likeness (QED) is 0.186. The minimum absolute atomic E-state index is 0.646. The van der Waals surface area contributed by atoms with Crippen molar-refractivity contribution in [2.45, 2.75) is 13.3 Å². The van der Waals surface area contributed by atoms with Crippen molar-refractivity contribution in [2.24, 2.45) is 0 Å². The van der Waals surface area contributed by atoms with Gasteiger partial charge in [-0.1, -0.05) is 122 Å². The number of oxazole rings is 1. The molecule has 0 aliphatic carbocycles. The molecule has 9 aromatic rings. The van der Waals surface area contributed by atoms with Crippen LogP contribution >= 0.6 is 0 Å². The zero-order chi connectivity index (χ0) is 32.0. The third-order valence-electron chi connectivity index (χ3n) is 9.46. The van der Waals surface area contributed by atoms with Gasteiger partial charge in [0.1, 0.15) is 5.52 Å². The molecule has 0 atom stereocenters. The lowest BCUT2D eigenvalue weighted by Crippen LogP contribution is -1.94. The average molecular weight is 617 g/mol. The molecule has 9 rings (SSSR count). The Labute approximate surface area is 279 Å². The first-order chi connectivity index (χ1) is 23.7. The van der Waals surface area contributed by atoms with Crippen molar-refractivity contribution in [3.63, 3.8) is 0 Å². The number of fused-ring (bicyclic) bond motifs is 4. The van der Waals surface area contributed by atoms with Gasteiger partial charge in [-0.3, -0.25) is 0 Å². The fourth-order valence-corrected chi connectivity index (χ4v) is 7.03. The largest absolute Gasteiger partial charge is 0.436 e. The smallest absolute Gasteiger partial charge is 0.227 e. The van der Waals surface area contributed by atoms with Gasteiger partial charge >= 0.3 is 0 Å². The lowest BCUT2D eigenvalue weighted by Gasteiger charge is -2.15. The Morgan fingerprint density at radius 2 is 1.00 bits per heavy atom. The number of aryl methyl sites for hydroxylation is 1. The number of benzene rings is 7. The standard InChI is InChI=1S/C45H32N2O/c1-2-30-19-28-41-44(29-30)48-45(46-41)33-22-20-31(21-23-33)35-11-3-5-13-37(35)38-14-6-4-12-36(38)32-24-26-34(27-25-32)47-42-17-9-7-15-39(42)40-16-8-10-18-43(40)47/h3-29H,2H2,1H3. The summed E-state index contributed by atoms with van der Waals surface area (Å²) in [5, 5.41) is 2.54. The van der Waals surface area contributed by atoms with E-state index in [-0.39, 0.29) is 0 Å². The Hall–Kier alpha value is -6.19. The van der Waals surface area contributed by atoms with E-state index in [1.807, 2.05) is 6.07 Å². The summed E-state index contributed by atoms with van der Waals surface area (Å²) in [5.74, 6) is 0.646. The summed E-state index contributed by atoms with van der Waals surface area (Å²) in [6.45, 7) is 2.15. The van der Waals surface area contributed by atoms with E-state index < -0.39 is 0 Å². The average Bonchev–Trinajstić information content (AvgIpc) is 3.74. The summed E-state index contributed by atoms with van der Waals surface area (Å²) in [6, 6.07) is 58.5. The highest BCUT2D eigenvalue weighted by molar-refractivity contribution is 6.09. The van der Waals surface area contributed by atoms with Crippen molar-refractivity contribution in [1.29, 1.82) is 0 Å². The van der Waals surface area contributed by atoms with Crippen molar-refractivity contribution in [2.75, 3.05) is 0 Å². The van der Waals surface area contributed by atoms with Crippen LogP contribution in [0.15, 0.2) is 168 Å². The van der Waals surface area contributed by atoms with Crippen molar-refractivity contribution in [1.82, 2.24) is 9.55 Å². The van der Waals surface area contributed by atoms with Crippen molar-refractivity contribution < 1.29 is 4.42 Å². The zero-order valence-corrected chi connectivity index (χ0v) is 26.6. The number of hydrogen-bond acceptors (Lipinski definition) is 2. The number of rotatable bonds is 6. The summed E-state index contributed by atoms with van der Waals surface area (Å²) in [7, 11) is 0. The van der Waals surface area contributed by atoms with Crippen LogP contribution in [0.1, 0.15) is 12.5 Å². The molecule has 0 fully saturated rings. The lowest BCUT2D eigenvalue weighted by molar-refractivity contribution is 0.619. The molecule has 0 aliphatic heterocycles. The molecule has 0 aliphatic rings. The molecule has 2 aromatic heterocycles. The molecule has 2 heterocycles. The summed E-state index contributed by atoms with van der Waals surface area (Å²) in [5.41, 5.74) is 14.6. The fraction of sp³-hybridized carbons (Fsp3) is 0.0444. The number of aromatic nitrogens is 2. The molecular formula is C45H32N2O. The lowest BCUT2D eigenvalue weighted by atomic mass is 9.89. The second-order valence-corrected chi connectivity index (χ2v) is 12.3. The van der Waals surface area contributed by atoms with Gasteiger partial charge in [0.2, 0.25) is 5.89 Å². The molecule has 0 N–H and O–H groups in total. The van der Waals surface area contributed by atoms with E-state index in [0.29, 0.717) is 5.89 Å². The van der Waals surface area contributed by atoms with Gasteiger partial charge in [-0.15, -0.1) is 0 Å². The van der Waals surface area contributed by atoms with Crippen LogP contribution in [0, 0.1) is 0 Å². The van der Waals surface area contributed by atoms with Gasteiger partial charge in [0.15, 0.2) is 5.58 Å². The normalized spacial score (nSPS) is 11.5. The molecule has 0 unspecified atom stereocenters. The first kappa shape index (κ1) is 28.1. The minimum atomic E-state index is 0.646. The third-order valence-corrected chi connectivity index (χ3v) is 9.46. The molecule has 0 amide bonds. The van der Waals surface area contributed by atoms with E-state index in [9.17, 15) is 0 Å². The fourth-order valence-electron chi connectivity index (χ4n) is 7.03. The highest BCUT2D eigenvalue weighted by Crippen LogP contribution is 2.39. The van der Waals surface area contributed by atoms with Gasteiger partial charge in [-0.05, 0) is 93.9 Å². The third kappa shape index (κ3) is 4.71. The van der Waals surface area contributed by atoms with Crippen molar-refractivity contribution >= 4 is 32.9 Å². The predicted molar refractivity (Wildman–Crippen MR) is 199 cm³/mol. The highest BCUT2D eigenvalue weighted by atomic mass is 16.3. The van der Waals surface area contributed by atoms with Gasteiger partial charge in [0, 0.05) is 22.0 Å². The number of para-hydroxylation sites is 2. The molecule has 0 radical (unpaired) electrons. The molecule has 0 bridgehead atoms. The van der Waals surface area contributed by atoms with Gasteiger partial charge in [-0.25, -0.2) is 4.98 Å². The van der Waals surface area contributed by atoms with E-state index in [4.69, 9.17) is 9.40 Å². The number of hydrogen-bond donors (Lipinski definition) is 0. The molecule has 228 valence electrons. The second kappa shape index (κ2) is 11.6. The van der Waals surface area contributed by atoms with Crippen LogP contribution in [0.4, 0.5) is 0 Å². The first-order valence-corrected chi connectivity index (χ1v) is 16.5. The summed E-state index contributed by atoms with van der Waals surface area (Å²) in [6.07, 6.45) is 0.969. The molecule has 3 nitrogen and oxygen atoms in total. The monoisotopic (exact) mass is 616 g/mol. The van der Waals surface area contributed by atoms with Crippen LogP contribution < -0.4 is 0 Å². The van der Waals surface area contributed by atoms with Crippen LogP contribution in [0.3, 0.4) is 0 Å². The summed E-state index contributed by atoms with van der Waals surface area (Å²) >= 11 is 0. The Bertz CT molecular complexity index is 2530. The van der Waals surface area contributed by atoms with Crippen molar-refractivity contribution in [3.05, 3.63) is 169 Å². The molecule has 7 aromatic carbocycles. The molecule has 3 heteroatoms. The number of nitrogens with zero attached hydrogens (tertiary/aromatic N) is 2. The van der Waals surface area contributed by atoms with E-state index in [2.05, 4.69) is 169 Å². The maximum absolute atomic E-state index is 6.16. The van der Waals surface area contributed by atoms with E-state index in [1.54, 1.807) is 0 Å². The van der Waals surface area contributed by atoms with Gasteiger partial charge in [-0.2, -0.15) is 0 Å².